The number of nitrogens with two attached hydrogens (primary N) is 1. The van der Waals surface area contributed by atoms with E-state index in [1.54, 1.807) is 18.2 Å². The third-order valence-electron chi connectivity index (χ3n) is 3.51. The lowest BCUT2D eigenvalue weighted by Gasteiger charge is -2.28. The SMILES string of the molecule is NCC1(NC(=O)c2ccc(Br)c(Cl)c2)CCCC1. The average molecular weight is 332 g/mol. The molecule has 1 aromatic carbocycles. The minimum absolute atomic E-state index is 0.100. The van der Waals surface area contributed by atoms with Gasteiger partial charge in [-0.05, 0) is 47.0 Å². The van der Waals surface area contributed by atoms with E-state index in [2.05, 4.69) is 21.2 Å². The summed E-state index contributed by atoms with van der Waals surface area (Å²) in [5.41, 5.74) is 6.15. The molecule has 0 aliphatic heterocycles. The van der Waals surface area contributed by atoms with Gasteiger partial charge in [-0.1, -0.05) is 24.4 Å². The smallest absolute Gasteiger partial charge is 0.251 e. The molecule has 1 aliphatic carbocycles. The summed E-state index contributed by atoms with van der Waals surface area (Å²) in [7, 11) is 0. The molecule has 1 amide bonds. The molecular weight excluding hydrogens is 316 g/mol. The summed E-state index contributed by atoms with van der Waals surface area (Å²) >= 11 is 9.30. The molecule has 0 bridgehead atoms. The molecule has 3 nitrogen and oxygen atoms in total. The molecule has 2 rings (SSSR count). The van der Waals surface area contributed by atoms with E-state index < -0.39 is 0 Å². The van der Waals surface area contributed by atoms with Gasteiger partial charge in [0.1, 0.15) is 0 Å². The third-order valence-corrected chi connectivity index (χ3v) is 4.74. The van der Waals surface area contributed by atoms with Crippen LogP contribution in [0, 0.1) is 0 Å². The zero-order valence-corrected chi connectivity index (χ0v) is 12.4. The molecule has 1 saturated carbocycles. The van der Waals surface area contributed by atoms with Crippen LogP contribution in [0.4, 0.5) is 0 Å². The lowest BCUT2D eigenvalue weighted by molar-refractivity contribution is 0.0903. The second-order valence-corrected chi connectivity index (χ2v) is 6.04. The number of hydrogen-bond acceptors (Lipinski definition) is 2. The molecule has 1 aromatic rings. The monoisotopic (exact) mass is 330 g/mol. The second kappa shape index (κ2) is 5.59. The Bertz CT molecular complexity index is 458. The van der Waals surface area contributed by atoms with E-state index in [-0.39, 0.29) is 11.4 Å². The number of hydrogen-bond donors (Lipinski definition) is 2. The fourth-order valence-corrected chi connectivity index (χ4v) is 2.81. The molecule has 0 radical (unpaired) electrons. The summed E-state index contributed by atoms with van der Waals surface area (Å²) in [6.07, 6.45) is 4.16. The first-order valence-corrected chi connectivity index (χ1v) is 7.21. The Hall–Kier alpha value is -0.580. The van der Waals surface area contributed by atoms with Gasteiger partial charge in [-0.3, -0.25) is 4.79 Å². The fraction of sp³-hybridized carbons (Fsp3) is 0.462. The first-order valence-electron chi connectivity index (χ1n) is 6.04. The summed E-state index contributed by atoms with van der Waals surface area (Å²) in [5.74, 6) is -0.100. The Morgan fingerprint density at radius 2 is 2.11 bits per heavy atom. The van der Waals surface area contributed by atoms with E-state index in [4.69, 9.17) is 17.3 Å². The maximum Gasteiger partial charge on any atom is 0.251 e. The van der Waals surface area contributed by atoms with Crippen molar-refractivity contribution in [2.75, 3.05) is 6.54 Å². The Morgan fingerprint density at radius 3 is 2.67 bits per heavy atom. The van der Waals surface area contributed by atoms with Gasteiger partial charge in [0.15, 0.2) is 0 Å². The molecule has 5 heteroatoms. The lowest BCUT2D eigenvalue weighted by atomic mass is 9.97. The Labute approximate surface area is 120 Å². The van der Waals surface area contributed by atoms with E-state index in [0.717, 1.165) is 30.2 Å². The van der Waals surface area contributed by atoms with Gasteiger partial charge in [-0.25, -0.2) is 0 Å². The van der Waals surface area contributed by atoms with Crippen LogP contribution in [0.3, 0.4) is 0 Å². The highest BCUT2D eigenvalue weighted by atomic mass is 79.9. The number of carbonyl (C=O) groups is 1. The molecule has 18 heavy (non-hydrogen) atoms. The highest BCUT2D eigenvalue weighted by molar-refractivity contribution is 9.10. The van der Waals surface area contributed by atoms with Crippen LogP contribution in [0.25, 0.3) is 0 Å². The van der Waals surface area contributed by atoms with E-state index in [1.807, 2.05) is 0 Å². The van der Waals surface area contributed by atoms with Crippen LogP contribution in [0.2, 0.25) is 5.02 Å². The number of benzene rings is 1. The van der Waals surface area contributed by atoms with E-state index >= 15 is 0 Å². The quantitative estimate of drug-likeness (QED) is 0.894. The normalized spacial score (nSPS) is 17.7. The van der Waals surface area contributed by atoms with E-state index in [1.165, 1.54) is 0 Å². The highest BCUT2D eigenvalue weighted by Gasteiger charge is 2.34. The Morgan fingerprint density at radius 1 is 1.44 bits per heavy atom. The number of amides is 1. The van der Waals surface area contributed by atoms with Gasteiger partial charge in [-0.15, -0.1) is 0 Å². The maximum absolute atomic E-state index is 12.2. The number of halogens is 2. The number of rotatable bonds is 3. The first kappa shape index (κ1) is 13.8. The third kappa shape index (κ3) is 2.87. The van der Waals surface area contributed by atoms with Gasteiger partial charge in [0, 0.05) is 16.6 Å². The van der Waals surface area contributed by atoms with Crippen molar-refractivity contribution in [1.82, 2.24) is 5.32 Å². The van der Waals surface area contributed by atoms with Crippen molar-refractivity contribution in [3.8, 4) is 0 Å². The van der Waals surface area contributed by atoms with Gasteiger partial charge in [0.05, 0.1) is 10.6 Å². The van der Waals surface area contributed by atoms with Crippen LogP contribution in [0.5, 0.6) is 0 Å². The first-order chi connectivity index (χ1) is 8.56. The lowest BCUT2D eigenvalue weighted by Crippen LogP contribution is -2.51. The summed E-state index contributed by atoms with van der Waals surface area (Å²) in [6, 6.07) is 5.20. The fourth-order valence-electron chi connectivity index (χ4n) is 2.38. The predicted octanol–water partition coefficient (Wildman–Crippen LogP) is 3.10. The van der Waals surface area contributed by atoms with Crippen LogP contribution in [-0.2, 0) is 0 Å². The van der Waals surface area contributed by atoms with Crippen molar-refractivity contribution in [2.24, 2.45) is 5.73 Å². The molecule has 0 heterocycles. The zero-order chi connectivity index (χ0) is 13.2. The second-order valence-electron chi connectivity index (χ2n) is 4.77. The van der Waals surface area contributed by atoms with Crippen molar-refractivity contribution in [1.29, 1.82) is 0 Å². The summed E-state index contributed by atoms with van der Waals surface area (Å²) < 4.78 is 0.787. The molecule has 1 aliphatic rings. The van der Waals surface area contributed by atoms with Crippen molar-refractivity contribution in [3.63, 3.8) is 0 Å². The van der Waals surface area contributed by atoms with Crippen LogP contribution < -0.4 is 11.1 Å². The van der Waals surface area contributed by atoms with Crippen molar-refractivity contribution in [3.05, 3.63) is 33.3 Å². The Kier molecular flexibility index (Phi) is 4.30. The predicted molar refractivity (Wildman–Crippen MR) is 76.9 cm³/mol. The highest BCUT2D eigenvalue weighted by Crippen LogP contribution is 2.29. The molecule has 3 N–H and O–H groups in total. The topological polar surface area (TPSA) is 55.1 Å². The van der Waals surface area contributed by atoms with Crippen molar-refractivity contribution in [2.45, 2.75) is 31.2 Å². The Balaban J connectivity index is 2.13. The maximum atomic E-state index is 12.2. The molecule has 0 atom stereocenters. The number of nitrogens with one attached hydrogen (secondary N) is 1. The number of carbonyl (C=O) groups excluding carboxylic acids is 1. The molecule has 0 unspecified atom stereocenters. The molecule has 0 aromatic heterocycles. The molecule has 0 spiro atoms. The van der Waals surface area contributed by atoms with Gasteiger partial charge in [-0.2, -0.15) is 0 Å². The zero-order valence-electron chi connectivity index (χ0n) is 10.0. The van der Waals surface area contributed by atoms with Crippen LogP contribution >= 0.6 is 27.5 Å². The molecule has 98 valence electrons. The van der Waals surface area contributed by atoms with Gasteiger partial charge in [0.2, 0.25) is 0 Å². The standard InChI is InChI=1S/C13H16BrClN2O/c14-10-4-3-9(7-11(10)15)12(18)17-13(8-16)5-1-2-6-13/h3-4,7H,1-2,5-6,8,16H2,(H,17,18). The van der Waals surface area contributed by atoms with Crippen molar-refractivity contribution >= 4 is 33.4 Å². The summed E-state index contributed by atoms with van der Waals surface area (Å²) in [4.78, 5) is 12.2. The largest absolute Gasteiger partial charge is 0.345 e. The van der Waals surface area contributed by atoms with Crippen LogP contribution in [-0.4, -0.2) is 18.0 Å². The van der Waals surface area contributed by atoms with Gasteiger partial charge in [0.25, 0.3) is 5.91 Å². The van der Waals surface area contributed by atoms with Crippen LogP contribution in [0.1, 0.15) is 36.0 Å². The summed E-state index contributed by atoms with van der Waals surface area (Å²) in [6.45, 7) is 0.489. The van der Waals surface area contributed by atoms with Gasteiger partial charge < -0.3 is 11.1 Å². The molecule has 1 fully saturated rings. The van der Waals surface area contributed by atoms with E-state index in [0.29, 0.717) is 17.1 Å². The van der Waals surface area contributed by atoms with Gasteiger partial charge >= 0.3 is 0 Å². The average Bonchev–Trinajstić information content (AvgIpc) is 2.82. The van der Waals surface area contributed by atoms with E-state index in [9.17, 15) is 4.79 Å². The van der Waals surface area contributed by atoms with Crippen LogP contribution in [0.15, 0.2) is 22.7 Å². The minimum atomic E-state index is -0.226. The molecular formula is C13H16BrClN2O. The van der Waals surface area contributed by atoms with Crippen molar-refractivity contribution < 1.29 is 4.79 Å². The minimum Gasteiger partial charge on any atom is -0.345 e. The summed E-state index contributed by atoms with van der Waals surface area (Å²) in [5, 5.41) is 3.60. The molecule has 0 saturated heterocycles.